The van der Waals surface area contributed by atoms with E-state index >= 15 is 0 Å². The Morgan fingerprint density at radius 2 is 1.33 bits per heavy atom. The van der Waals surface area contributed by atoms with E-state index in [1.165, 1.54) is 6.92 Å². The molecule has 1 aliphatic heterocycles. The largest absolute Gasteiger partial charge is 0.508 e. The summed E-state index contributed by atoms with van der Waals surface area (Å²) >= 11 is 0. The zero-order valence-electron chi connectivity index (χ0n) is 25.9. The number of carbonyl (C=O) groups excluding carboxylic acids is 2. The average molecular weight is 625 g/mol. The second kappa shape index (κ2) is 14.1. The fraction of sp³-hybridized carbons (Fsp3) is 0.297. The Hall–Kier alpha value is -4.86. The van der Waals surface area contributed by atoms with Crippen LogP contribution in [0.4, 0.5) is 4.79 Å². The van der Waals surface area contributed by atoms with Crippen LogP contribution in [-0.2, 0) is 35.1 Å². The van der Waals surface area contributed by atoms with Gasteiger partial charge in [0.25, 0.3) is 0 Å². The van der Waals surface area contributed by atoms with Crippen LogP contribution in [0.3, 0.4) is 0 Å². The van der Waals surface area contributed by atoms with E-state index in [4.69, 9.17) is 33.2 Å². The minimum atomic E-state index is -1.17. The normalized spacial score (nSPS) is 21.8. The first-order valence-electron chi connectivity index (χ1n) is 15.2. The number of benzene rings is 4. The van der Waals surface area contributed by atoms with Crippen molar-refractivity contribution in [2.75, 3.05) is 13.7 Å². The van der Waals surface area contributed by atoms with Gasteiger partial charge < -0.3 is 33.2 Å². The summed E-state index contributed by atoms with van der Waals surface area (Å²) in [6, 6.07) is 32.6. The first-order valence-corrected chi connectivity index (χ1v) is 15.2. The highest BCUT2D eigenvalue weighted by atomic mass is 16.8. The van der Waals surface area contributed by atoms with Crippen molar-refractivity contribution in [1.82, 2.24) is 0 Å². The first kappa shape index (κ1) is 31.1. The Bertz CT molecular complexity index is 1590. The van der Waals surface area contributed by atoms with E-state index in [9.17, 15) is 9.59 Å². The van der Waals surface area contributed by atoms with Gasteiger partial charge in [0.15, 0.2) is 6.10 Å². The Labute approximate surface area is 267 Å². The summed E-state index contributed by atoms with van der Waals surface area (Å²) in [6.45, 7) is 3.33. The highest BCUT2D eigenvalue weighted by Gasteiger charge is 2.51. The minimum Gasteiger partial charge on any atom is -0.497 e. The average Bonchev–Trinajstić information content (AvgIpc) is 3.39. The van der Waals surface area contributed by atoms with Crippen LogP contribution in [0.5, 0.6) is 11.5 Å². The molecule has 0 N–H and O–H groups in total. The molecule has 5 atom stereocenters. The lowest BCUT2D eigenvalue weighted by molar-refractivity contribution is -0.284. The molecule has 6 rings (SSSR count). The maximum Gasteiger partial charge on any atom is 0.508 e. The first-order chi connectivity index (χ1) is 22.4. The number of methoxy groups -OCH3 is 1. The molecule has 1 heterocycles. The molecule has 1 fully saturated rings. The van der Waals surface area contributed by atoms with E-state index in [0.717, 1.165) is 27.8 Å². The van der Waals surface area contributed by atoms with Crippen LogP contribution < -0.4 is 9.47 Å². The van der Waals surface area contributed by atoms with Crippen molar-refractivity contribution in [2.45, 2.75) is 57.1 Å². The van der Waals surface area contributed by atoms with Crippen molar-refractivity contribution < 1.29 is 42.7 Å². The third-order valence-corrected chi connectivity index (χ3v) is 8.19. The Morgan fingerprint density at radius 1 is 0.717 bits per heavy atom. The Kier molecular flexibility index (Phi) is 9.51. The topological polar surface area (TPSA) is 98.8 Å². The van der Waals surface area contributed by atoms with Crippen molar-refractivity contribution in [3.63, 3.8) is 0 Å². The summed E-state index contributed by atoms with van der Waals surface area (Å²) in [6.07, 6.45) is -5.76. The lowest BCUT2D eigenvalue weighted by Crippen LogP contribution is -2.61. The molecule has 0 bridgehead atoms. The van der Waals surface area contributed by atoms with Gasteiger partial charge in [-0.05, 0) is 59.0 Å². The van der Waals surface area contributed by atoms with Gasteiger partial charge in [-0.1, -0.05) is 78.9 Å². The predicted molar refractivity (Wildman–Crippen MR) is 168 cm³/mol. The van der Waals surface area contributed by atoms with Crippen molar-refractivity contribution >= 4 is 12.1 Å². The molecule has 238 valence electrons. The lowest BCUT2D eigenvalue weighted by Gasteiger charge is -2.43. The summed E-state index contributed by atoms with van der Waals surface area (Å²) < 4.78 is 41.3. The lowest BCUT2D eigenvalue weighted by atomic mass is 9.98. The molecule has 4 aromatic rings. The molecule has 0 radical (unpaired) electrons. The molecule has 0 saturated carbocycles. The van der Waals surface area contributed by atoms with Crippen LogP contribution in [0.15, 0.2) is 103 Å². The maximum absolute atomic E-state index is 13.4. The highest BCUT2D eigenvalue weighted by Crippen LogP contribution is 2.44. The van der Waals surface area contributed by atoms with Crippen LogP contribution in [0.1, 0.15) is 36.5 Å². The van der Waals surface area contributed by atoms with Crippen LogP contribution in [0.2, 0.25) is 0 Å². The summed E-state index contributed by atoms with van der Waals surface area (Å²) in [7, 11) is 1.57. The molecule has 0 unspecified atom stereocenters. The number of carbonyl (C=O) groups is 2. The molecule has 9 nitrogen and oxygen atoms in total. The summed E-state index contributed by atoms with van der Waals surface area (Å²) in [5.41, 5.74) is 5.29. The Morgan fingerprint density at radius 3 is 1.96 bits per heavy atom. The summed E-state index contributed by atoms with van der Waals surface area (Å²) in [4.78, 5) is 25.8. The number of fused-ring (bicyclic) bond motifs is 3. The van der Waals surface area contributed by atoms with Crippen LogP contribution in [0.25, 0.3) is 11.1 Å². The predicted octanol–water partition coefficient (Wildman–Crippen LogP) is 6.67. The fourth-order valence-electron chi connectivity index (χ4n) is 6.04. The van der Waals surface area contributed by atoms with E-state index in [2.05, 4.69) is 12.1 Å². The van der Waals surface area contributed by atoms with Gasteiger partial charge >= 0.3 is 12.1 Å². The SMILES string of the molecule is COc1ccc(O[C@@H]2O[C@@H](C)[C@H](OCc3ccccc3)[C@@H](OC(=O)OCC3c4ccccc4-c4ccccc43)[C@H]2OC(C)=O)cc1. The van der Waals surface area contributed by atoms with Gasteiger partial charge in [-0.25, -0.2) is 4.79 Å². The Balaban J connectivity index is 1.23. The summed E-state index contributed by atoms with van der Waals surface area (Å²) in [5.74, 6) is 0.329. The fourth-order valence-corrected chi connectivity index (χ4v) is 6.04. The molecular weight excluding hydrogens is 588 g/mol. The number of hydrogen-bond acceptors (Lipinski definition) is 9. The number of rotatable bonds is 10. The number of esters is 1. The molecule has 46 heavy (non-hydrogen) atoms. The number of ether oxygens (including phenoxy) is 7. The zero-order valence-corrected chi connectivity index (χ0v) is 25.9. The molecule has 0 aromatic heterocycles. The number of hydrogen-bond donors (Lipinski definition) is 0. The molecule has 2 aliphatic rings. The van der Waals surface area contributed by atoms with Gasteiger partial charge in [-0.15, -0.1) is 0 Å². The van der Waals surface area contributed by atoms with Crippen molar-refractivity contribution in [3.8, 4) is 22.6 Å². The minimum absolute atomic E-state index is 0.0607. The van der Waals surface area contributed by atoms with Crippen molar-refractivity contribution in [3.05, 3.63) is 120 Å². The van der Waals surface area contributed by atoms with Crippen molar-refractivity contribution in [2.24, 2.45) is 0 Å². The monoisotopic (exact) mass is 624 g/mol. The molecule has 4 aromatic carbocycles. The molecular formula is C37H36O9. The van der Waals surface area contributed by atoms with Crippen LogP contribution >= 0.6 is 0 Å². The quantitative estimate of drug-likeness (QED) is 0.179. The van der Waals surface area contributed by atoms with Gasteiger partial charge in [-0.2, -0.15) is 0 Å². The third-order valence-electron chi connectivity index (χ3n) is 8.19. The highest BCUT2D eigenvalue weighted by molar-refractivity contribution is 5.79. The second-order valence-electron chi connectivity index (χ2n) is 11.2. The van der Waals surface area contributed by atoms with Crippen LogP contribution in [0, 0.1) is 0 Å². The van der Waals surface area contributed by atoms with E-state index in [0.29, 0.717) is 11.5 Å². The van der Waals surface area contributed by atoms with Crippen LogP contribution in [-0.4, -0.2) is 56.5 Å². The molecule has 0 amide bonds. The van der Waals surface area contributed by atoms with Gasteiger partial charge in [0.05, 0.1) is 19.8 Å². The van der Waals surface area contributed by atoms with Gasteiger partial charge in [0.1, 0.15) is 24.2 Å². The van der Waals surface area contributed by atoms with E-state index < -0.39 is 42.8 Å². The third kappa shape index (κ3) is 6.85. The maximum atomic E-state index is 13.4. The zero-order chi connectivity index (χ0) is 32.0. The molecule has 0 spiro atoms. The van der Waals surface area contributed by atoms with E-state index in [1.807, 2.05) is 66.7 Å². The van der Waals surface area contributed by atoms with Crippen molar-refractivity contribution in [1.29, 1.82) is 0 Å². The van der Waals surface area contributed by atoms with Gasteiger partial charge in [-0.3, -0.25) is 4.79 Å². The van der Waals surface area contributed by atoms with Gasteiger partial charge in [0, 0.05) is 12.8 Å². The molecule has 1 aliphatic carbocycles. The van der Waals surface area contributed by atoms with Gasteiger partial charge in [0.2, 0.25) is 12.4 Å². The summed E-state index contributed by atoms with van der Waals surface area (Å²) in [5, 5.41) is 0. The standard InChI is InChI=1S/C37H36O9/c1-23-33(41-21-25-11-5-4-6-12-25)34(35(44-24(2)38)36(43-23)45-27-19-17-26(40-3)18-20-27)46-37(39)42-22-32-30-15-9-7-13-28(30)29-14-8-10-16-31(29)32/h4-20,23,32-36H,21-22H2,1-3H3/t23-,33-,34+,35+,36-/m0/s1. The molecule has 9 heteroatoms. The van der Waals surface area contributed by atoms with E-state index in [-0.39, 0.29) is 19.1 Å². The molecule has 1 saturated heterocycles. The van der Waals surface area contributed by atoms with E-state index in [1.54, 1.807) is 38.3 Å². The smallest absolute Gasteiger partial charge is 0.497 e. The second-order valence-corrected chi connectivity index (χ2v) is 11.2.